The third-order valence-electron chi connectivity index (χ3n) is 2.05. The van der Waals surface area contributed by atoms with Gasteiger partial charge in [-0.05, 0) is 12.3 Å². The maximum Gasteiger partial charge on any atom is 0.244 e. The molecule has 1 aromatic heterocycles. The topological polar surface area (TPSA) is 48.2 Å². The van der Waals surface area contributed by atoms with Crippen molar-refractivity contribution in [1.82, 2.24) is 10.1 Å². The fourth-order valence-electron chi connectivity index (χ4n) is 1.36. The van der Waals surface area contributed by atoms with E-state index in [4.69, 9.17) is 20.9 Å². The van der Waals surface area contributed by atoms with Crippen LogP contribution in [0.2, 0.25) is 0 Å². The Labute approximate surface area is 95.0 Å². The summed E-state index contributed by atoms with van der Waals surface area (Å²) < 4.78 is 10.4. The van der Waals surface area contributed by atoms with Crippen molar-refractivity contribution in [3.05, 3.63) is 11.7 Å². The van der Waals surface area contributed by atoms with Crippen LogP contribution in [0.1, 0.15) is 50.9 Å². The lowest BCUT2D eigenvalue weighted by atomic mass is 9.88. The van der Waals surface area contributed by atoms with Crippen LogP contribution in [0.15, 0.2) is 4.52 Å². The summed E-state index contributed by atoms with van der Waals surface area (Å²) in [4.78, 5) is 4.21. The van der Waals surface area contributed by atoms with Gasteiger partial charge in [0.05, 0.1) is 0 Å². The molecule has 0 saturated carbocycles. The van der Waals surface area contributed by atoms with Crippen molar-refractivity contribution in [1.29, 1.82) is 0 Å². The van der Waals surface area contributed by atoms with Crippen LogP contribution < -0.4 is 0 Å². The predicted octanol–water partition coefficient (Wildman–Crippen LogP) is 3.10. The number of ether oxygens (including phenoxy) is 1. The lowest BCUT2D eigenvalue weighted by Crippen LogP contribution is -2.21. The van der Waals surface area contributed by atoms with Gasteiger partial charge < -0.3 is 9.26 Å². The highest BCUT2D eigenvalue weighted by Gasteiger charge is 2.30. The maximum atomic E-state index is 5.84. The van der Waals surface area contributed by atoms with Gasteiger partial charge >= 0.3 is 0 Å². The summed E-state index contributed by atoms with van der Waals surface area (Å²) in [5.41, 5.74) is -0.0779. The number of methoxy groups -OCH3 is 1. The van der Waals surface area contributed by atoms with Crippen LogP contribution in [0, 0.1) is 5.41 Å². The van der Waals surface area contributed by atoms with Gasteiger partial charge in [-0.3, -0.25) is 0 Å². The Morgan fingerprint density at radius 3 is 2.33 bits per heavy atom. The van der Waals surface area contributed by atoms with E-state index in [2.05, 4.69) is 30.9 Å². The average Bonchev–Trinajstić information content (AvgIpc) is 2.51. The zero-order chi connectivity index (χ0) is 11.6. The van der Waals surface area contributed by atoms with Gasteiger partial charge in [0.2, 0.25) is 11.7 Å². The van der Waals surface area contributed by atoms with E-state index in [1.54, 1.807) is 14.0 Å². The molecule has 0 fully saturated rings. The number of nitrogens with zero attached hydrogens (tertiary/aromatic N) is 2. The van der Waals surface area contributed by atoms with Crippen molar-refractivity contribution < 1.29 is 9.26 Å². The Hall–Kier alpha value is -0.610. The van der Waals surface area contributed by atoms with E-state index >= 15 is 0 Å². The molecular weight excluding hydrogens is 216 g/mol. The molecule has 1 rings (SSSR count). The first kappa shape index (κ1) is 12.5. The first-order valence-electron chi connectivity index (χ1n) is 4.86. The quantitative estimate of drug-likeness (QED) is 0.752. The second-order valence-electron chi connectivity index (χ2n) is 4.59. The molecule has 15 heavy (non-hydrogen) atoms. The minimum atomic E-state index is -0.274. The zero-order valence-electron chi connectivity index (χ0n) is 9.74. The van der Waals surface area contributed by atoms with Crippen LogP contribution in [-0.2, 0) is 4.74 Å². The van der Waals surface area contributed by atoms with Crippen molar-refractivity contribution in [3.63, 3.8) is 0 Å². The normalized spacial score (nSPS) is 16.4. The van der Waals surface area contributed by atoms with Crippen molar-refractivity contribution in [2.24, 2.45) is 5.41 Å². The molecule has 0 spiro atoms. The van der Waals surface area contributed by atoms with Crippen molar-refractivity contribution in [3.8, 4) is 0 Å². The summed E-state index contributed by atoms with van der Waals surface area (Å²) in [5, 5.41) is 3.61. The molecule has 0 aliphatic carbocycles. The molecular formula is C10H17ClN2O2. The minimum absolute atomic E-state index is 0.0779. The number of hydrogen-bond donors (Lipinski definition) is 0. The van der Waals surface area contributed by atoms with Gasteiger partial charge in [0, 0.05) is 7.11 Å². The zero-order valence-corrected chi connectivity index (χ0v) is 10.5. The van der Waals surface area contributed by atoms with Crippen LogP contribution >= 0.6 is 11.6 Å². The summed E-state index contributed by atoms with van der Waals surface area (Å²) in [6.45, 7) is 7.96. The van der Waals surface area contributed by atoms with E-state index in [0.717, 1.165) is 0 Å². The fraction of sp³-hybridized carbons (Fsp3) is 0.800. The standard InChI is InChI=1S/C10H17ClN2O2/c1-6(11)9-12-8(13-15-9)7(14-5)10(2,3)4/h6-7H,1-5H3. The van der Waals surface area contributed by atoms with Crippen molar-refractivity contribution >= 4 is 11.6 Å². The van der Waals surface area contributed by atoms with Gasteiger partial charge in [-0.15, -0.1) is 11.6 Å². The van der Waals surface area contributed by atoms with E-state index in [0.29, 0.717) is 11.7 Å². The average molecular weight is 233 g/mol. The highest BCUT2D eigenvalue weighted by atomic mass is 35.5. The second-order valence-corrected chi connectivity index (χ2v) is 5.24. The van der Waals surface area contributed by atoms with Crippen LogP contribution in [-0.4, -0.2) is 17.3 Å². The molecule has 0 aromatic carbocycles. The largest absolute Gasteiger partial charge is 0.373 e. The Balaban J connectivity index is 2.93. The summed E-state index contributed by atoms with van der Waals surface area (Å²) in [6.07, 6.45) is -0.189. The smallest absolute Gasteiger partial charge is 0.244 e. The second kappa shape index (κ2) is 4.49. The molecule has 2 unspecified atom stereocenters. The van der Waals surface area contributed by atoms with Gasteiger partial charge in [0.25, 0.3) is 0 Å². The Bertz CT molecular complexity index is 317. The third kappa shape index (κ3) is 2.92. The van der Waals surface area contributed by atoms with Crippen LogP contribution in [0.25, 0.3) is 0 Å². The predicted molar refractivity (Wildman–Crippen MR) is 57.8 cm³/mol. The number of alkyl halides is 1. The van der Waals surface area contributed by atoms with Crippen LogP contribution in [0.3, 0.4) is 0 Å². The third-order valence-corrected chi connectivity index (χ3v) is 2.24. The molecule has 2 atom stereocenters. The number of rotatable bonds is 3. The van der Waals surface area contributed by atoms with Gasteiger partial charge in [0.15, 0.2) is 0 Å². The first-order valence-corrected chi connectivity index (χ1v) is 5.30. The molecule has 0 amide bonds. The first-order chi connectivity index (χ1) is 6.86. The van der Waals surface area contributed by atoms with Gasteiger partial charge in [-0.25, -0.2) is 0 Å². The van der Waals surface area contributed by atoms with Crippen molar-refractivity contribution in [2.75, 3.05) is 7.11 Å². The lowest BCUT2D eigenvalue weighted by Gasteiger charge is -2.26. The fourth-order valence-corrected chi connectivity index (χ4v) is 1.45. The molecule has 0 radical (unpaired) electrons. The Morgan fingerprint density at radius 2 is 2.00 bits per heavy atom. The Morgan fingerprint density at radius 1 is 1.40 bits per heavy atom. The number of hydrogen-bond acceptors (Lipinski definition) is 4. The molecule has 86 valence electrons. The van der Waals surface area contributed by atoms with Gasteiger partial charge in [-0.1, -0.05) is 25.9 Å². The highest BCUT2D eigenvalue weighted by molar-refractivity contribution is 6.20. The molecule has 0 aliphatic heterocycles. The molecule has 5 heteroatoms. The van der Waals surface area contributed by atoms with E-state index < -0.39 is 0 Å². The SMILES string of the molecule is COC(c1noc(C(C)Cl)n1)C(C)(C)C. The maximum absolute atomic E-state index is 5.84. The summed E-state index contributed by atoms with van der Waals surface area (Å²) in [7, 11) is 1.63. The minimum Gasteiger partial charge on any atom is -0.373 e. The van der Waals surface area contributed by atoms with Crippen LogP contribution in [0.4, 0.5) is 0 Å². The molecule has 0 saturated heterocycles. The highest BCUT2D eigenvalue weighted by Crippen LogP contribution is 2.34. The van der Waals surface area contributed by atoms with Crippen molar-refractivity contribution in [2.45, 2.75) is 39.2 Å². The van der Waals surface area contributed by atoms with Gasteiger partial charge in [0.1, 0.15) is 11.5 Å². The monoisotopic (exact) mass is 232 g/mol. The molecule has 0 bridgehead atoms. The number of halogens is 1. The summed E-state index contributed by atoms with van der Waals surface area (Å²) >= 11 is 5.84. The van der Waals surface area contributed by atoms with E-state index in [9.17, 15) is 0 Å². The molecule has 1 aromatic rings. The van der Waals surface area contributed by atoms with Gasteiger partial charge in [-0.2, -0.15) is 4.98 Å². The van der Waals surface area contributed by atoms with E-state index in [-0.39, 0.29) is 16.9 Å². The Kier molecular flexibility index (Phi) is 3.73. The molecule has 0 N–H and O–H groups in total. The number of aromatic nitrogens is 2. The molecule has 4 nitrogen and oxygen atoms in total. The van der Waals surface area contributed by atoms with Crippen LogP contribution in [0.5, 0.6) is 0 Å². The lowest BCUT2D eigenvalue weighted by molar-refractivity contribution is 0.00718. The van der Waals surface area contributed by atoms with E-state index in [1.165, 1.54) is 0 Å². The summed E-state index contributed by atoms with van der Waals surface area (Å²) in [5.74, 6) is 0.977. The van der Waals surface area contributed by atoms with E-state index in [1.807, 2.05) is 0 Å². The molecule has 0 aliphatic rings. The summed E-state index contributed by atoms with van der Waals surface area (Å²) in [6, 6.07) is 0. The molecule has 1 heterocycles.